The van der Waals surface area contributed by atoms with E-state index >= 15 is 0 Å². The first-order valence-electron chi connectivity index (χ1n) is 13.0. The van der Waals surface area contributed by atoms with Gasteiger partial charge in [-0.2, -0.15) is 0 Å². The van der Waals surface area contributed by atoms with E-state index in [1.54, 1.807) is 47.8 Å². The molecule has 3 aromatic carbocycles. The number of pyridine rings is 1. The van der Waals surface area contributed by atoms with E-state index in [-0.39, 0.29) is 11.7 Å². The van der Waals surface area contributed by atoms with Crippen molar-refractivity contribution in [2.24, 2.45) is 0 Å². The number of thiophene rings is 2. The van der Waals surface area contributed by atoms with E-state index in [0.717, 1.165) is 32.6 Å². The molecule has 0 unspecified atom stereocenters. The van der Waals surface area contributed by atoms with Crippen molar-refractivity contribution >= 4 is 62.0 Å². The van der Waals surface area contributed by atoms with Gasteiger partial charge < -0.3 is 11.1 Å². The van der Waals surface area contributed by atoms with Gasteiger partial charge in [0.1, 0.15) is 9.71 Å². The number of carbonyl (C=O) groups excluding carboxylic acids is 2. The highest BCUT2D eigenvalue weighted by Crippen LogP contribution is 2.41. The van der Waals surface area contributed by atoms with Crippen molar-refractivity contribution in [2.75, 3.05) is 11.1 Å². The lowest BCUT2D eigenvalue weighted by Gasteiger charge is -2.09. The van der Waals surface area contributed by atoms with Gasteiger partial charge in [0.05, 0.1) is 11.4 Å². The molecule has 6 aromatic rings. The lowest BCUT2D eigenvalue weighted by Crippen LogP contribution is -2.12. The quantitative estimate of drug-likeness (QED) is 0.148. The summed E-state index contributed by atoms with van der Waals surface area (Å²) < 4.78 is 0. The molecule has 5 nitrogen and oxygen atoms in total. The van der Waals surface area contributed by atoms with Gasteiger partial charge in [-0.25, -0.2) is 4.98 Å². The van der Waals surface area contributed by atoms with E-state index in [9.17, 15) is 9.59 Å². The molecule has 6 rings (SSSR count). The van der Waals surface area contributed by atoms with Crippen molar-refractivity contribution in [3.63, 3.8) is 0 Å². The maximum Gasteiger partial charge on any atom is 0.267 e. The molecule has 41 heavy (non-hydrogen) atoms. The number of nitrogens with one attached hydrogen (secondary N) is 1. The second-order valence-corrected chi connectivity index (χ2v) is 11.5. The van der Waals surface area contributed by atoms with Crippen LogP contribution in [0.1, 0.15) is 30.5 Å². The van der Waals surface area contributed by atoms with Crippen LogP contribution in [0, 0.1) is 6.92 Å². The number of aryl methyl sites for hydroxylation is 1. The molecule has 3 aromatic heterocycles. The summed E-state index contributed by atoms with van der Waals surface area (Å²) in [4.78, 5) is 33.0. The zero-order valence-electron chi connectivity index (χ0n) is 22.1. The molecule has 0 saturated heterocycles. The number of fused-ring (bicyclic) bond motifs is 1. The average Bonchev–Trinajstić information content (AvgIpc) is 3.64. The summed E-state index contributed by atoms with van der Waals surface area (Å²) in [5, 5.41) is 5.66. The first-order chi connectivity index (χ1) is 20.0. The number of aromatic nitrogens is 1. The predicted molar refractivity (Wildman–Crippen MR) is 172 cm³/mol. The van der Waals surface area contributed by atoms with Crippen LogP contribution in [-0.2, 0) is 0 Å². The van der Waals surface area contributed by atoms with Gasteiger partial charge in [-0.1, -0.05) is 66.2 Å². The number of allylic oxidation sites excluding steroid dienone is 1. The molecule has 200 valence electrons. The van der Waals surface area contributed by atoms with Crippen molar-refractivity contribution in [2.45, 2.75) is 6.92 Å². The zero-order valence-corrected chi connectivity index (χ0v) is 23.8. The molecule has 0 atom stereocenters. The minimum Gasteiger partial charge on any atom is -0.397 e. The molecular formula is C34H25N3O2S2. The van der Waals surface area contributed by atoms with Crippen LogP contribution in [0.5, 0.6) is 0 Å². The van der Waals surface area contributed by atoms with Gasteiger partial charge in [-0.15, -0.1) is 22.7 Å². The molecule has 0 aliphatic rings. The molecule has 3 heterocycles. The number of nitrogens with zero attached hydrogens (tertiary/aromatic N) is 1. The lowest BCUT2D eigenvalue weighted by molar-refractivity contribution is 0.102. The number of ketones is 1. The van der Waals surface area contributed by atoms with Gasteiger partial charge in [0.15, 0.2) is 5.78 Å². The Balaban J connectivity index is 1.31. The maximum absolute atomic E-state index is 13.4. The molecule has 0 aliphatic heterocycles. The fraction of sp³-hybridized carbons (Fsp3) is 0.0294. The van der Waals surface area contributed by atoms with Crippen LogP contribution in [-0.4, -0.2) is 16.7 Å². The minimum absolute atomic E-state index is 0.103. The third kappa shape index (κ3) is 5.59. The van der Waals surface area contributed by atoms with E-state index in [2.05, 4.69) is 36.5 Å². The van der Waals surface area contributed by atoms with E-state index in [0.29, 0.717) is 26.6 Å². The highest BCUT2D eigenvalue weighted by Gasteiger charge is 2.22. The molecule has 1 amide bonds. The Hall–Kier alpha value is -4.85. The molecule has 0 aliphatic carbocycles. The van der Waals surface area contributed by atoms with Gasteiger partial charge in [-0.05, 0) is 72.0 Å². The number of rotatable bonds is 7. The third-order valence-corrected chi connectivity index (χ3v) is 8.64. The highest BCUT2D eigenvalue weighted by atomic mass is 32.1. The smallest absolute Gasteiger partial charge is 0.267 e. The average molecular weight is 572 g/mol. The van der Waals surface area contributed by atoms with Gasteiger partial charge in [-0.3, -0.25) is 9.59 Å². The maximum atomic E-state index is 13.4. The van der Waals surface area contributed by atoms with Crippen LogP contribution in [0.3, 0.4) is 0 Å². The summed E-state index contributed by atoms with van der Waals surface area (Å²) in [6, 6.07) is 31.0. The standard InChI is InChI=1S/C34H25N3O2S2/c1-21-9-11-23(12-10-21)28-20-27(22-6-3-2-4-7-22)30-31(35)32(41-34(30)37-28)33(39)36-25-15-13-24(14-16-25)29(38)18-17-26-8-5-19-40-26/h2-20H,35H2,1H3,(H,36,39). The number of hydrogen-bond donors (Lipinski definition) is 2. The third-order valence-electron chi connectivity index (χ3n) is 6.71. The van der Waals surface area contributed by atoms with E-state index in [1.165, 1.54) is 16.9 Å². The van der Waals surface area contributed by atoms with Crippen molar-refractivity contribution in [1.82, 2.24) is 4.98 Å². The number of nitrogens with two attached hydrogens (primary N) is 1. The summed E-state index contributed by atoms with van der Waals surface area (Å²) in [5.74, 6) is -0.424. The van der Waals surface area contributed by atoms with Crippen LogP contribution in [0.15, 0.2) is 109 Å². The molecule has 7 heteroatoms. The van der Waals surface area contributed by atoms with Crippen molar-refractivity contribution in [1.29, 1.82) is 0 Å². The van der Waals surface area contributed by atoms with E-state index < -0.39 is 0 Å². The number of anilines is 2. The van der Waals surface area contributed by atoms with Crippen molar-refractivity contribution < 1.29 is 9.59 Å². The lowest BCUT2D eigenvalue weighted by atomic mass is 9.99. The van der Waals surface area contributed by atoms with Gasteiger partial charge in [0.2, 0.25) is 0 Å². The fourth-order valence-corrected chi connectivity index (χ4v) is 6.19. The Morgan fingerprint density at radius 2 is 1.63 bits per heavy atom. The van der Waals surface area contributed by atoms with Crippen LogP contribution in [0.4, 0.5) is 11.4 Å². The minimum atomic E-state index is -0.321. The van der Waals surface area contributed by atoms with Gasteiger partial charge >= 0.3 is 0 Å². The van der Waals surface area contributed by atoms with Gasteiger partial charge in [0, 0.05) is 27.1 Å². The first kappa shape index (κ1) is 26.4. The van der Waals surface area contributed by atoms with Crippen LogP contribution in [0.25, 0.3) is 38.7 Å². The molecule has 0 fully saturated rings. The monoisotopic (exact) mass is 571 g/mol. The van der Waals surface area contributed by atoms with Crippen molar-refractivity contribution in [3.8, 4) is 22.4 Å². The Morgan fingerprint density at radius 1 is 0.878 bits per heavy atom. The molecule has 0 saturated carbocycles. The molecule has 0 bridgehead atoms. The highest BCUT2D eigenvalue weighted by molar-refractivity contribution is 7.21. The predicted octanol–water partition coefficient (Wildman–Crippen LogP) is 8.73. The largest absolute Gasteiger partial charge is 0.397 e. The molecule has 0 radical (unpaired) electrons. The normalized spacial score (nSPS) is 11.2. The van der Waals surface area contributed by atoms with Crippen LogP contribution in [0.2, 0.25) is 0 Å². The van der Waals surface area contributed by atoms with Crippen LogP contribution >= 0.6 is 22.7 Å². The van der Waals surface area contributed by atoms with E-state index in [4.69, 9.17) is 10.7 Å². The zero-order chi connectivity index (χ0) is 28.3. The summed E-state index contributed by atoms with van der Waals surface area (Å²) in [5.41, 5.74) is 13.1. The summed E-state index contributed by atoms with van der Waals surface area (Å²) >= 11 is 2.84. The molecule has 0 spiro atoms. The Labute approximate surface area is 245 Å². The van der Waals surface area contributed by atoms with Crippen LogP contribution < -0.4 is 11.1 Å². The number of nitrogen functional groups attached to an aromatic ring is 1. The Bertz CT molecular complexity index is 1890. The summed E-state index contributed by atoms with van der Waals surface area (Å²) in [6.07, 6.45) is 3.36. The number of amides is 1. The Morgan fingerprint density at radius 3 is 2.34 bits per heavy atom. The fourth-order valence-electron chi connectivity index (χ4n) is 4.55. The summed E-state index contributed by atoms with van der Waals surface area (Å²) in [7, 11) is 0. The van der Waals surface area contributed by atoms with Gasteiger partial charge in [0.25, 0.3) is 5.91 Å². The second-order valence-electron chi connectivity index (χ2n) is 9.56. The summed E-state index contributed by atoms with van der Waals surface area (Å²) in [6.45, 7) is 2.05. The first-order valence-corrected chi connectivity index (χ1v) is 14.7. The topological polar surface area (TPSA) is 85.1 Å². The van der Waals surface area contributed by atoms with Crippen molar-refractivity contribution in [3.05, 3.63) is 129 Å². The Kier molecular flexibility index (Phi) is 7.29. The molecular weight excluding hydrogens is 547 g/mol. The SMILES string of the molecule is Cc1ccc(-c2cc(-c3ccccc3)c3c(N)c(C(=O)Nc4ccc(C(=O)C=Cc5cccs5)cc4)sc3n2)cc1. The second kappa shape index (κ2) is 11.3. The number of benzene rings is 3. The number of hydrogen-bond acceptors (Lipinski definition) is 6. The molecule has 3 N–H and O–H groups in total. The van der Waals surface area contributed by atoms with E-state index in [1.807, 2.05) is 53.9 Å². The number of carbonyl (C=O) groups is 2.